The molecule has 4 heteroatoms. The molecule has 3 nitrogen and oxygen atoms in total. The molecule has 0 amide bonds. The van der Waals surface area contributed by atoms with Gasteiger partial charge in [-0.05, 0) is 37.9 Å². The summed E-state index contributed by atoms with van der Waals surface area (Å²) in [7, 11) is 2.03. The Hall–Kier alpha value is -0.710. The van der Waals surface area contributed by atoms with E-state index in [1.807, 2.05) is 24.6 Å². The molecule has 0 spiro atoms. The van der Waals surface area contributed by atoms with E-state index in [4.69, 9.17) is 0 Å². The van der Waals surface area contributed by atoms with Crippen LogP contribution < -0.4 is 5.32 Å². The number of nitrogens with zero attached hydrogens (tertiary/aromatic N) is 1. The SMILES string of the molecule is CN(CC(=O)c1cccs1)C[C@@H]1CCCCN1. The maximum Gasteiger partial charge on any atom is 0.186 e. The summed E-state index contributed by atoms with van der Waals surface area (Å²) in [6.45, 7) is 2.62. The number of likely N-dealkylation sites (N-methyl/N-ethyl adjacent to an activating group) is 1. The van der Waals surface area contributed by atoms with Gasteiger partial charge in [-0.2, -0.15) is 0 Å². The van der Waals surface area contributed by atoms with Gasteiger partial charge < -0.3 is 5.32 Å². The van der Waals surface area contributed by atoms with Crippen LogP contribution in [0, 0.1) is 0 Å². The van der Waals surface area contributed by atoms with Gasteiger partial charge in [-0.1, -0.05) is 12.5 Å². The summed E-state index contributed by atoms with van der Waals surface area (Å²) in [5.41, 5.74) is 0. The fraction of sp³-hybridized carbons (Fsp3) is 0.615. The number of piperidine rings is 1. The van der Waals surface area contributed by atoms with Crippen molar-refractivity contribution < 1.29 is 4.79 Å². The molecular weight excluding hydrogens is 232 g/mol. The van der Waals surface area contributed by atoms with Gasteiger partial charge in [0, 0.05) is 12.6 Å². The van der Waals surface area contributed by atoms with E-state index in [0.717, 1.165) is 18.0 Å². The van der Waals surface area contributed by atoms with Crippen molar-refractivity contribution in [3.8, 4) is 0 Å². The van der Waals surface area contributed by atoms with Gasteiger partial charge in [0.25, 0.3) is 0 Å². The molecule has 1 aromatic rings. The second-order valence-corrected chi connectivity index (χ2v) is 5.69. The molecule has 0 radical (unpaired) electrons. The summed E-state index contributed by atoms with van der Waals surface area (Å²) >= 11 is 1.53. The van der Waals surface area contributed by atoms with Gasteiger partial charge in [0.2, 0.25) is 0 Å². The van der Waals surface area contributed by atoms with Gasteiger partial charge in [-0.25, -0.2) is 0 Å². The first-order valence-corrected chi connectivity index (χ1v) is 7.12. The highest BCUT2D eigenvalue weighted by Crippen LogP contribution is 2.11. The Bertz CT molecular complexity index is 344. The van der Waals surface area contributed by atoms with Gasteiger partial charge in [-0.3, -0.25) is 9.69 Å². The molecule has 94 valence electrons. The van der Waals surface area contributed by atoms with E-state index in [-0.39, 0.29) is 5.78 Å². The second kappa shape index (κ2) is 6.28. The monoisotopic (exact) mass is 252 g/mol. The van der Waals surface area contributed by atoms with E-state index in [9.17, 15) is 4.79 Å². The highest BCUT2D eigenvalue weighted by molar-refractivity contribution is 7.12. The zero-order valence-electron chi connectivity index (χ0n) is 10.3. The van der Waals surface area contributed by atoms with Crippen LogP contribution in [-0.4, -0.2) is 43.4 Å². The second-order valence-electron chi connectivity index (χ2n) is 4.74. The Morgan fingerprint density at radius 1 is 1.59 bits per heavy atom. The first kappa shape index (κ1) is 12.7. The van der Waals surface area contributed by atoms with Gasteiger partial charge in [-0.15, -0.1) is 11.3 Å². The van der Waals surface area contributed by atoms with Crippen molar-refractivity contribution >= 4 is 17.1 Å². The smallest absolute Gasteiger partial charge is 0.186 e. The summed E-state index contributed by atoms with van der Waals surface area (Å²) in [6, 6.07) is 4.39. The molecule has 0 bridgehead atoms. The lowest BCUT2D eigenvalue weighted by atomic mass is 10.0. The van der Waals surface area contributed by atoms with E-state index in [0.29, 0.717) is 12.6 Å². The number of nitrogens with one attached hydrogen (secondary N) is 1. The molecule has 0 saturated carbocycles. The van der Waals surface area contributed by atoms with E-state index < -0.39 is 0 Å². The number of rotatable bonds is 5. The van der Waals surface area contributed by atoms with E-state index >= 15 is 0 Å². The van der Waals surface area contributed by atoms with Crippen LogP contribution in [0.5, 0.6) is 0 Å². The molecule has 2 heterocycles. The molecular formula is C13H20N2OS. The molecule has 1 N–H and O–H groups in total. The molecule has 1 atom stereocenters. The lowest BCUT2D eigenvalue weighted by molar-refractivity contribution is 0.0943. The number of carbonyl (C=O) groups excluding carboxylic acids is 1. The van der Waals surface area contributed by atoms with E-state index in [1.165, 1.54) is 30.6 Å². The third-order valence-corrected chi connectivity index (χ3v) is 4.06. The van der Waals surface area contributed by atoms with Gasteiger partial charge >= 0.3 is 0 Å². The average Bonchev–Trinajstić information content (AvgIpc) is 2.83. The van der Waals surface area contributed by atoms with Crippen molar-refractivity contribution in [2.75, 3.05) is 26.7 Å². The van der Waals surface area contributed by atoms with E-state index in [1.54, 1.807) is 0 Å². The van der Waals surface area contributed by atoms with Crippen molar-refractivity contribution in [3.05, 3.63) is 22.4 Å². The number of ketones is 1. The van der Waals surface area contributed by atoms with Crippen molar-refractivity contribution in [1.29, 1.82) is 0 Å². The summed E-state index contributed by atoms with van der Waals surface area (Å²) < 4.78 is 0. The fourth-order valence-corrected chi connectivity index (χ4v) is 2.94. The van der Waals surface area contributed by atoms with Crippen molar-refractivity contribution in [2.45, 2.75) is 25.3 Å². The predicted octanol–water partition coefficient (Wildman–Crippen LogP) is 2.00. The predicted molar refractivity (Wildman–Crippen MR) is 71.8 cm³/mol. The molecule has 1 aliphatic rings. The molecule has 0 aromatic carbocycles. The first-order chi connectivity index (χ1) is 8.25. The van der Waals surface area contributed by atoms with Crippen LogP contribution in [-0.2, 0) is 0 Å². The zero-order chi connectivity index (χ0) is 12.1. The third kappa shape index (κ3) is 3.91. The molecule has 1 aliphatic heterocycles. The van der Waals surface area contributed by atoms with Crippen LogP contribution in [0.4, 0.5) is 0 Å². The Morgan fingerprint density at radius 3 is 3.12 bits per heavy atom. The Balaban J connectivity index is 1.76. The van der Waals surface area contributed by atoms with Crippen LogP contribution in [0.2, 0.25) is 0 Å². The minimum atomic E-state index is 0.235. The molecule has 1 fully saturated rings. The average molecular weight is 252 g/mol. The number of carbonyl (C=O) groups is 1. The fourth-order valence-electron chi connectivity index (χ4n) is 2.28. The van der Waals surface area contributed by atoms with Crippen molar-refractivity contribution in [2.24, 2.45) is 0 Å². The summed E-state index contributed by atoms with van der Waals surface area (Å²) in [6.07, 6.45) is 3.83. The van der Waals surface area contributed by atoms with Crippen molar-refractivity contribution in [3.63, 3.8) is 0 Å². The Morgan fingerprint density at radius 2 is 2.47 bits per heavy atom. The summed E-state index contributed by atoms with van der Waals surface area (Å²) in [4.78, 5) is 14.9. The maximum absolute atomic E-state index is 11.9. The number of Topliss-reactive ketones (excluding diaryl/α,β-unsaturated/α-hetero) is 1. The van der Waals surface area contributed by atoms with Crippen LogP contribution in [0.15, 0.2) is 17.5 Å². The molecule has 0 unspecified atom stereocenters. The van der Waals surface area contributed by atoms with Gasteiger partial charge in [0.15, 0.2) is 5.78 Å². The minimum absolute atomic E-state index is 0.235. The normalized spacial score (nSPS) is 20.7. The standard InChI is InChI=1S/C13H20N2OS/c1-15(9-11-5-2-3-7-14-11)10-12(16)13-6-4-8-17-13/h4,6,8,11,14H,2-3,5,7,9-10H2,1H3/t11-/m0/s1. The van der Waals surface area contributed by atoms with Crippen LogP contribution >= 0.6 is 11.3 Å². The molecule has 2 rings (SSSR count). The van der Waals surface area contributed by atoms with Crippen LogP contribution in [0.25, 0.3) is 0 Å². The third-order valence-electron chi connectivity index (χ3n) is 3.15. The molecule has 17 heavy (non-hydrogen) atoms. The van der Waals surface area contributed by atoms with E-state index in [2.05, 4.69) is 10.2 Å². The molecule has 1 aromatic heterocycles. The number of thiophene rings is 1. The summed E-state index contributed by atoms with van der Waals surface area (Å²) in [5.74, 6) is 0.235. The van der Waals surface area contributed by atoms with Crippen LogP contribution in [0.1, 0.15) is 28.9 Å². The molecule has 0 aliphatic carbocycles. The topological polar surface area (TPSA) is 32.3 Å². The minimum Gasteiger partial charge on any atom is -0.313 e. The highest BCUT2D eigenvalue weighted by Gasteiger charge is 2.16. The Labute approximate surface area is 107 Å². The lowest BCUT2D eigenvalue weighted by Crippen LogP contribution is -2.43. The quantitative estimate of drug-likeness (QED) is 0.814. The highest BCUT2D eigenvalue weighted by atomic mass is 32.1. The summed E-state index contributed by atoms with van der Waals surface area (Å²) in [5, 5.41) is 5.46. The Kier molecular flexibility index (Phi) is 4.71. The van der Waals surface area contributed by atoms with Gasteiger partial charge in [0.1, 0.15) is 0 Å². The lowest BCUT2D eigenvalue weighted by Gasteiger charge is -2.27. The molecule has 1 saturated heterocycles. The van der Waals surface area contributed by atoms with Crippen LogP contribution in [0.3, 0.4) is 0 Å². The first-order valence-electron chi connectivity index (χ1n) is 6.24. The largest absolute Gasteiger partial charge is 0.313 e. The maximum atomic E-state index is 11.9. The van der Waals surface area contributed by atoms with Gasteiger partial charge in [0.05, 0.1) is 11.4 Å². The number of hydrogen-bond donors (Lipinski definition) is 1. The zero-order valence-corrected chi connectivity index (χ0v) is 11.1. The van der Waals surface area contributed by atoms with Crippen molar-refractivity contribution in [1.82, 2.24) is 10.2 Å². The number of hydrogen-bond acceptors (Lipinski definition) is 4.